The number of carbonyl (C=O) groups excluding carboxylic acids is 2. The van der Waals surface area contributed by atoms with Crippen LogP contribution in [0.4, 0.5) is 0 Å². The first-order valence-electron chi connectivity index (χ1n) is 10.1. The van der Waals surface area contributed by atoms with Crippen molar-refractivity contribution in [3.8, 4) is 11.5 Å². The van der Waals surface area contributed by atoms with Gasteiger partial charge < -0.3 is 15.2 Å². The van der Waals surface area contributed by atoms with Gasteiger partial charge in [0.1, 0.15) is 22.2 Å². The first kappa shape index (κ1) is 20.2. The molecule has 0 aliphatic carbocycles. The predicted molar refractivity (Wildman–Crippen MR) is 122 cm³/mol. The molecule has 4 aromatic rings. The molecule has 8 nitrogen and oxygen atoms in total. The van der Waals surface area contributed by atoms with E-state index in [1.807, 2.05) is 18.2 Å². The lowest BCUT2D eigenvalue weighted by atomic mass is 10.0. The van der Waals surface area contributed by atoms with Crippen molar-refractivity contribution in [3.05, 3.63) is 81.1 Å². The van der Waals surface area contributed by atoms with Gasteiger partial charge in [0.15, 0.2) is 5.82 Å². The number of nitrogens with zero attached hydrogens (tertiary/aromatic N) is 3. The summed E-state index contributed by atoms with van der Waals surface area (Å²) in [5, 5.41) is 5.12. The molecule has 1 fully saturated rings. The largest absolute Gasteiger partial charge is 0.335 e. The summed E-state index contributed by atoms with van der Waals surface area (Å²) in [6, 6.07) is 12.7. The topological polar surface area (TPSA) is 108 Å². The maximum atomic E-state index is 13.4. The second kappa shape index (κ2) is 8.45. The van der Waals surface area contributed by atoms with Crippen molar-refractivity contribution >= 4 is 33.7 Å². The molecule has 9 heteroatoms. The molecule has 1 aliphatic rings. The van der Waals surface area contributed by atoms with Crippen LogP contribution in [0.25, 0.3) is 21.7 Å². The summed E-state index contributed by atoms with van der Waals surface area (Å²) in [6.45, 7) is 1.67. The van der Waals surface area contributed by atoms with Gasteiger partial charge in [-0.1, -0.05) is 30.3 Å². The highest BCUT2D eigenvalue weighted by atomic mass is 32.1. The Bertz CT molecular complexity index is 1350. The van der Waals surface area contributed by atoms with Crippen molar-refractivity contribution in [1.82, 2.24) is 25.2 Å². The van der Waals surface area contributed by atoms with Gasteiger partial charge in [0, 0.05) is 42.8 Å². The fourth-order valence-corrected chi connectivity index (χ4v) is 4.71. The number of piperazine rings is 1. The molecule has 0 bridgehead atoms. The molecule has 1 aliphatic heterocycles. The third kappa shape index (κ3) is 3.72. The maximum absolute atomic E-state index is 13.4. The van der Waals surface area contributed by atoms with Gasteiger partial charge in [-0.15, -0.1) is 11.3 Å². The Labute approximate surface area is 187 Å². The Balaban J connectivity index is 1.45. The molecule has 160 valence electrons. The monoisotopic (exact) mass is 445 g/mol. The smallest absolute Gasteiger partial charge is 0.269 e. The zero-order chi connectivity index (χ0) is 22.1. The number of hydrogen-bond donors (Lipinski definition) is 2. The number of nitrogens with one attached hydrogen (secondary N) is 2. The Kier molecular flexibility index (Phi) is 5.34. The second-order valence-electron chi connectivity index (χ2n) is 7.50. The zero-order valence-electron chi connectivity index (χ0n) is 16.9. The van der Waals surface area contributed by atoms with Gasteiger partial charge in [0.05, 0.1) is 5.56 Å². The number of rotatable bonds is 4. The summed E-state index contributed by atoms with van der Waals surface area (Å²) in [6.07, 6.45) is 2.44. The van der Waals surface area contributed by atoms with E-state index in [1.165, 1.54) is 11.3 Å². The highest BCUT2D eigenvalue weighted by Gasteiger charge is 2.27. The van der Waals surface area contributed by atoms with Crippen LogP contribution in [0.2, 0.25) is 0 Å². The van der Waals surface area contributed by atoms with Gasteiger partial charge in [-0.2, -0.15) is 0 Å². The fourth-order valence-electron chi connectivity index (χ4n) is 3.84. The minimum atomic E-state index is -0.284. The molecule has 1 unspecified atom stereocenters. The maximum Gasteiger partial charge on any atom is 0.269 e. The van der Waals surface area contributed by atoms with Crippen LogP contribution in [0.1, 0.15) is 32.3 Å². The molecule has 0 saturated carbocycles. The number of aromatic amines is 1. The number of aromatic nitrogens is 3. The Hall–Kier alpha value is -3.69. The number of carbonyl (C=O) groups is 2. The summed E-state index contributed by atoms with van der Waals surface area (Å²) in [7, 11) is 0. The number of benzene rings is 1. The molecule has 4 heterocycles. The van der Waals surface area contributed by atoms with Crippen LogP contribution in [-0.2, 0) is 0 Å². The summed E-state index contributed by atoms with van der Waals surface area (Å²) in [5.41, 5.74) is 2.70. The normalized spacial score (nSPS) is 16.2. The van der Waals surface area contributed by atoms with E-state index in [0.29, 0.717) is 52.5 Å². The summed E-state index contributed by atoms with van der Waals surface area (Å²) < 4.78 is 0.421. The van der Waals surface area contributed by atoms with Gasteiger partial charge in [0.2, 0.25) is 0 Å². The number of fused-ring (bicyclic) bond motifs is 1. The summed E-state index contributed by atoms with van der Waals surface area (Å²) >= 11 is 1.22. The molecule has 3 aromatic heterocycles. The van der Waals surface area contributed by atoms with Gasteiger partial charge in [-0.05, 0) is 17.7 Å². The van der Waals surface area contributed by atoms with E-state index in [-0.39, 0.29) is 17.5 Å². The van der Waals surface area contributed by atoms with E-state index in [2.05, 4.69) is 20.3 Å². The van der Waals surface area contributed by atoms with Crippen LogP contribution in [0.3, 0.4) is 0 Å². The molecule has 1 amide bonds. The third-order valence-electron chi connectivity index (χ3n) is 5.50. The summed E-state index contributed by atoms with van der Waals surface area (Å²) in [5.74, 6) is 0.182. The van der Waals surface area contributed by atoms with E-state index >= 15 is 0 Å². The van der Waals surface area contributed by atoms with E-state index in [9.17, 15) is 14.4 Å². The van der Waals surface area contributed by atoms with E-state index in [1.54, 1.807) is 40.7 Å². The van der Waals surface area contributed by atoms with Gasteiger partial charge >= 0.3 is 0 Å². The number of hydrogen-bond acceptors (Lipinski definition) is 7. The number of H-pyrrole nitrogens is 1. The summed E-state index contributed by atoms with van der Waals surface area (Å²) in [4.78, 5) is 50.3. The van der Waals surface area contributed by atoms with Crippen LogP contribution >= 0.6 is 11.3 Å². The molecule has 1 atom stereocenters. The average molecular weight is 446 g/mol. The molecule has 5 rings (SSSR count). The van der Waals surface area contributed by atoms with Crippen molar-refractivity contribution in [2.45, 2.75) is 6.04 Å². The fraction of sp³-hybridized carbons (Fsp3) is 0.174. The van der Waals surface area contributed by atoms with Gasteiger partial charge in [0.25, 0.3) is 11.5 Å². The number of aldehydes is 1. The van der Waals surface area contributed by atoms with Crippen molar-refractivity contribution in [2.24, 2.45) is 0 Å². The lowest BCUT2D eigenvalue weighted by Crippen LogP contribution is -2.48. The van der Waals surface area contributed by atoms with E-state index in [0.717, 1.165) is 11.8 Å². The van der Waals surface area contributed by atoms with Gasteiger partial charge in [-0.3, -0.25) is 19.4 Å². The van der Waals surface area contributed by atoms with E-state index in [4.69, 9.17) is 0 Å². The van der Waals surface area contributed by atoms with Crippen molar-refractivity contribution in [1.29, 1.82) is 0 Å². The molecule has 2 N–H and O–H groups in total. The third-order valence-corrected chi connectivity index (χ3v) is 6.47. The predicted octanol–water partition coefficient (Wildman–Crippen LogP) is 2.65. The molecule has 1 saturated heterocycles. The first-order valence-corrected chi connectivity index (χ1v) is 11.0. The van der Waals surface area contributed by atoms with Crippen LogP contribution in [0.15, 0.2) is 58.8 Å². The number of amides is 1. The van der Waals surface area contributed by atoms with Crippen LogP contribution in [-0.4, -0.2) is 51.7 Å². The SMILES string of the molecule is O=Cc1ccc(C2CN(C(=O)c3csc4c(=O)[nH]c(-c5ccccn5)nc34)CCN2)cc1. The number of thiophene rings is 1. The highest BCUT2D eigenvalue weighted by Crippen LogP contribution is 2.26. The quantitative estimate of drug-likeness (QED) is 0.468. The van der Waals surface area contributed by atoms with Crippen LogP contribution in [0.5, 0.6) is 0 Å². The van der Waals surface area contributed by atoms with Crippen LogP contribution in [0, 0.1) is 0 Å². The Morgan fingerprint density at radius 1 is 1.19 bits per heavy atom. The first-order chi connectivity index (χ1) is 15.6. The minimum Gasteiger partial charge on any atom is -0.335 e. The van der Waals surface area contributed by atoms with Crippen molar-refractivity contribution in [2.75, 3.05) is 19.6 Å². The Morgan fingerprint density at radius 3 is 2.78 bits per heavy atom. The minimum absolute atomic E-state index is 0.0428. The molecule has 32 heavy (non-hydrogen) atoms. The van der Waals surface area contributed by atoms with Crippen molar-refractivity contribution < 1.29 is 9.59 Å². The van der Waals surface area contributed by atoms with Gasteiger partial charge in [-0.25, -0.2) is 4.98 Å². The van der Waals surface area contributed by atoms with E-state index < -0.39 is 0 Å². The number of pyridine rings is 1. The highest BCUT2D eigenvalue weighted by molar-refractivity contribution is 7.17. The average Bonchev–Trinajstić information content (AvgIpc) is 3.29. The molecular weight excluding hydrogens is 426 g/mol. The Morgan fingerprint density at radius 2 is 2.03 bits per heavy atom. The lowest BCUT2D eigenvalue weighted by Gasteiger charge is -2.34. The molecule has 0 spiro atoms. The van der Waals surface area contributed by atoms with Crippen molar-refractivity contribution in [3.63, 3.8) is 0 Å². The molecular formula is C23H19N5O3S. The zero-order valence-corrected chi connectivity index (χ0v) is 17.8. The lowest BCUT2D eigenvalue weighted by molar-refractivity contribution is 0.0705. The second-order valence-corrected chi connectivity index (χ2v) is 8.38. The standard InChI is InChI=1S/C23H19N5O3S/c29-12-14-4-6-15(7-5-14)18-11-28(10-9-25-18)23(31)16-13-32-20-19(16)26-21(27-22(20)30)17-3-1-2-8-24-17/h1-8,12-13,18,25H,9-11H2,(H,26,27,30). The molecule has 1 aromatic carbocycles. The van der Waals surface area contributed by atoms with Crippen LogP contribution < -0.4 is 10.9 Å². The molecule has 0 radical (unpaired) electrons.